The molecular formula is C16H33NO3S. The van der Waals surface area contributed by atoms with Gasteiger partial charge in [-0.25, -0.2) is 0 Å². The van der Waals surface area contributed by atoms with E-state index < -0.39 is 5.54 Å². The molecule has 0 amide bonds. The number of aliphatic hydroxyl groups is 1. The Bertz CT molecular complexity index is 287. The molecule has 0 heterocycles. The first-order valence-electron chi connectivity index (χ1n) is 8.09. The monoisotopic (exact) mass is 319 g/mol. The number of hydrogen-bond donors (Lipinski definition) is 2. The molecule has 0 bridgehead atoms. The molecule has 4 nitrogen and oxygen atoms in total. The van der Waals surface area contributed by atoms with Crippen molar-refractivity contribution in [2.45, 2.75) is 77.2 Å². The average molecular weight is 320 g/mol. The highest BCUT2D eigenvalue weighted by molar-refractivity contribution is 7.99. The number of esters is 1. The standard InChI is InChI=1S/C16H33NO3S/c1-6-11-17-16(5,15(19)20-7-2)10-8-9-12-21-14(4)13(3)18/h13-14,17-18H,6-12H2,1-5H3. The van der Waals surface area contributed by atoms with E-state index in [1.54, 1.807) is 11.8 Å². The highest BCUT2D eigenvalue weighted by Crippen LogP contribution is 2.20. The van der Waals surface area contributed by atoms with Crippen molar-refractivity contribution < 1.29 is 14.6 Å². The lowest BCUT2D eigenvalue weighted by Crippen LogP contribution is -2.50. The van der Waals surface area contributed by atoms with E-state index in [2.05, 4.69) is 12.2 Å². The van der Waals surface area contributed by atoms with Gasteiger partial charge in [0.1, 0.15) is 5.54 Å². The number of unbranched alkanes of at least 4 members (excludes halogenated alkanes) is 1. The van der Waals surface area contributed by atoms with E-state index in [-0.39, 0.29) is 17.3 Å². The maximum atomic E-state index is 12.1. The molecule has 0 radical (unpaired) electrons. The van der Waals surface area contributed by atoms with E-state index in [4.69, 9.17) is 4.74 Å². The quantitative estimate of drug-likeness (QED) is 0.428. The molecule has 0 aliphatic heterocycles. The van der Waals surface area contributed by atoms with Crippen LogP contribution in [-0.2, 0) is 9.53 Å². The van der Waals surface area contributed by atoms with E-state index in [9.17, 15) is 9.90 Å². The zero-order chi connectivity index (χ0) is 16.3. The molecule has 0 saturated heterocycles. The third-order valence-corrected chi connectivity index (χ3v) is 5.07. The Balaban J connectivity index is 4.15. The Morgan fingerprint density at radius 3 is 2.52 bits per heavy atom. The number of thioether (sulfide) groups is 1. The highest BCUT2D eigenvalue weighted by atomic mass is 32.2. The summed E-state index contributed by atoms with van der Waals surface area (Å²) in [6.07, 6.45) is 3.54. The maximum Gasteiger partial charge on any atom is 0.326 e. The first kappa shape index (κ1) is 20.7. The van der Waals surface area contributed by atoms with Gasteiger partial charge in [-0.2, -0.15) is 11.8 Å². The van der Waals surface area contributed by atoms with E-state index in [1.807, 2.05) is 27.7 Å². The summed E-state index contributed by atoms with van der Waals surface area (Å²) in [6, 6.07) is 0. The van der Waals surface area contributed by atoms with Crippen LogP contribution in [0.2, 0.25) is 0 Å². The average Bonchev–Trinajstić information content (AvgIpc) is 2.44. The van der Waals surface area contributed by atoms with Gasteiger partial charge in [0.05, 0.1) is 12.7 Å². The fourth-order valence-electron chi connectivity index (χ4n) is 1.94. The van der Waals surface area contributed by atoms with E-state index in [0.717, 1.165) is 38.0 Å². The molecule has 3 unspecified atom stereocenters. The van der Waals surface area contributed by atoms with Crippen LogP contribution in [0.25, 0.3) is 0 Å². The second-order valence-corrected chi connectivity index (χ2v) is 7.24. The summed E-state index contributed by atoms with van der Waals surface area (Å²) in [6.45, 7) is 11.0. The van der Waals surface area contributed by atoms with Crippen LogP contribution in [0.1, 0.15) is 60.3 Å². The molecule has 0 rings (SSSR count). The second-order valence-electron chi connectivity index (χ2n) is 5.75. The molecule has 3 atom stereocenters. The van der Waals surface area contributed by atoms with Crippen molar-refractivity contribution in [3.8, 4) is 0 Å². The van der Waals surface area contributed by atoms with Crippen molar-refractivity contribution in [1.29, 1.82) is 0 Å². The minimum absolute atomic E-state index is 0.150. The van der Waals surface area contributed by atoms with Crippen LogP contribution in [0.3, 0.4) is 0 Å². The Kier molecular flexibility index (Phi) is 11.2. The molecule has 0 aliphatic carbocycles. The molecule has 0 aromatic rings. The summed E-state index contributed by atoms with van der Waals surface area (Å²) in [5, 5.41) is 13.0. The van der Waals surface area contributed by atoms with E-state index >= 15 is 0 Å². The molecule has 0 aromatic heterocycles. The SMILES string of the molecule is CCCNC(C)(CCCCSC(C)C(C)O)C(=O)OCC. The Labute approximate surface area is 134 Å². The predicted octanol–water partition coefficient (Wildman–Crippen LogP) is 2.98. The zero-order valence-corrected chi connectivity index (χ0v) is 15.1. The summed E-state index contributed by atoms with van der Waals surface area (Å²) in [5.74, 6) is 0.863. The third-order valence-electron chi connectivity index (χ3n) is 3.62. The van der Waals surface area contributed by atoms with Crippen molar-refractivity contribution in [1.82, 2.24) is 5.32 Å². The van der Waals surface area contributed by atoms with Crippen molar-refractivity contribution in [3.63, 3.8) is 0 Å². The highest BCUT2D eigenvalue weighted by Gasteiger charge is 2.33. The summed E-state index contributed by atoms with van der Waals surface area (Å²) in [5.41, 5.74) is -0.577. The number of aliphatic hydroxyl groups excluding tert-OH is 1. The van der Waals surface area contributed by atoms with Crippen LogP contribution in [0.4, 0.5) is 0 Å². The Hall–Kier alpha value is -0.260. The van der Waals surface area contributed by atoms with Crippen molar-refractivity contribution in [2.24, 2.45) is 0 Å². The first-order chi connectivity index (χ1) is 9.87. The molecule has 5 heteroatoms. The number of nitrogens with one attached hydrogen (secondary N) is 1. The van der Waals surface area contributed by atoms with Crippen LogP contribution in [0.5, 0.6) is 0 Å². The van der Waals surface area contributed by atoms with Gasteiger partial charge < -0.3 is 15.2 Å². The van der Waals surface area contributed by atoms with Crippen LogP contribution < -0.4 is 5.32 Å². The minimum atomic E-state index is -0.577. The second kappa shape index (κ2) is 11.3. The summed E-state index contributed by atoms with van der Waals surface area (Å²) in [4.78, 5) is 12.1. The largest absolute Gasteiger partial charge is 0.465 e. The molecule has 0 saturated carbocycles. The Morgan fingerprint density at radius 1 is 1.33 bits per heavy atom. The number of rotatable bonds is 12. The molecule has 21 heavy (non-hydrogen) atoms. The van der Waals surface area contributed by atoms with Crippen molar-refractivity contribution in [3.05, 3.63) is 0 Å². The van der Waals surface area contributed by atoms with Gasteiger partial charge in [0, 0.05) is 5.25 Å². The summed E-state index contributed by atoms with van der Waals surface area (Å²) in [7, 11) is 0. The summed E-state index contributed by atoms with van der Waals surface area (Å²) >= 11 is 1.79. The first-order valence-corrected chi connectivity index (χ1v) is 9.14. The minimum Gasteiger partial charge on any atom is -0.465 e. The molecule has 2 N–H and O–H groups in total. The lowest BCUT2D eigenvalue weighted by Gasteiger charge is -2.28. The predicted molar refractivity (Wildman–Crippen MR) is 90.8 cm³/mol. The normalized spacial score (nSPS) is 17.0. The van der Waals surface area contributed by atoms with Crippen molar-refractivity contribution >= 4 is 17.7 Å². The molecule has 0 fully saturated rings. The molecule has 0 spiro atoms. The number of carbonyl (C=O) groups excluding carboxylic acids is 1. The topological polar surface area (TPSA) is 58.6 Å². The van der Waals surface area contributed by atoms with Crippen molar-refractivity contribution in [2.75, 3.05) is 18.9 Å². The van der Waals surface area contributed by atoms with Gasteiger partial charge in [-0.05, 0) is 52.3 Å². The van der Waals surface area contributed by atoms with Crippen LogP contribution >= 0.6 is 11.8 Å². The lowest BCUT2D eigenvalue weighted by molar-refractivity contribution is -0.150. The third kappa shape index (κ3) is 8.69. The number of carbonyl (C=O) groups is 1. The zero-order valence-electron chi connectivity index (χ0n) is 14.3. The van der Waals surface area contributed by atoms with Gasteiger partial charge in [0.25, 0.3) is 0 Å². The fourth-order valence-corrected chi connectivity index (χ4v) is 2.96. The molecule has 0 aromatic carbocycles. The van der Waals surface area contributed by atoms with Gasteiger partial charge in [0.15, 0.2) is 0 Å². The maximum absolute atomic E-state index is 12.1. The molecule has 126 valence electrons. The lowest BCUT2D eigenvalue weighted by atomic mass is 9.95. The van der Waals surface area contributed by atoms with Gasteiger partial charge in [-0.15, -0.1) is 0 Å². The number of hydrogen-bond acceptors (Lipinski definition) is 5. The molecule has 0 aliphatic rings. The fraction of sp³-hybridized carbons (Fsp3) is 0.938. The van der Waals surface area contributed by atoms with Gasteiger partial charge in [-0.3, -0.25) is 4.79 Å². The Morgan fingerprint density at radius 2 is 2.00 bits per heavy atom. The van der Waals surface area contributed by atoms with E-state index in [0.29, 0.717) is 6.61 Å². The van der Waals surface area contributed by atoms with Gasteiger partial charge in [-0.1, -0.05) is 20.3 Å². The van der Waals surface area contributed by atoms with Crippen LogP contribution in [0, 0.1) is 0 Å². The van der Waals surface area contributed by atoms with E-state index in [1.165, 1.54) is 0 Å². The van der Waals surface area contributed by atoms with Crippen LogP contribution in [0.15, 0.2) is 0 Å². The van der Waals surface area contributed by atoms with Gasteiger partial charge >= 0.3 is 5.97 Å². The van der Waals surface area contributed by atoms with Crippen LogP contribution in [-0.4, -0.2) is 46.9 Å². The summed E-state index contributed by atoms with van der Waals surface area (Å²) < 4.78 is 5.19. The number of ether oxygens (including phenoxy) is 1. The van der Waals surface area contributed by atoms with Gasteiger partial charge in [0.2, 0.25) is 0 Å². The smallest absolute Gasteiger partial charge is 0.326 e. The molecular weight excluding hydrogens is 286 g/mol.